The van der Waals surface area contributed by atoms with Crippen LogP contribution in [0.15, 0.2) is 91.3 Å². The number of nitrogens with zero attached hydrogens (tertiary/aromatic N) is 2. The second-order valence-corrected chi connectivity index (χ2v) is 7.29. The Hall–Kier alpha value is -3.52. The second-order valence-electron chi connectivity index (χ2n) is 7.29. The van der Waals surface area contributed by atoms with Gasteiger partial charge in [0.25, 0.3) is 6.33 Å². The van der Waals surface area contributed by atoms with E-state index in [1.165, 1.54) is 38.4 Å². The summed E-state index contributed by atoms with van der Waals surface area (Å²) < 4.78 is 2.10. The maximum atomic E-state index is 4.70. The van der Waals surface area contributed by atoms with Crippen LogP contribution in [0.25, 0.3) is 44.1 Å². The molecule has 0 aliphatic rings. The van der Waals surface area contributed by atoms with Gasteiger partial charge in [0.05, 0.1) is 7.05 Å². The SMILES string of the molecule is Cc1c(-c2cc(-c3ccc4ccccc4c3)nc[n+]2C)ccc2ccccc12. The van der Waals surface area contributed by atoms with E-state index >= 15 is 0 Å². The summed E-state index contributed by atoms with van der Waals surface area (Å²) in [4.78, 5) is 4.70. The van der Waals surface area contributed by atoms with Crippen LogP contribution in [0.3, 0.4) is 0 Å². The minimum Gasteiger partial charge on any atom is -0.232 e. The summed E-state index contributed by atoms with van der Waals surface area (Å²) in [5.74, 6) is 0. The highest BCUT2D eigenvalue weighted by atomic mass is 15.0. The summed E-state index contributed by atoms with van der Waals surface area (Å²) in [5.41, 5.74) is 5.84. The van der Waals surface area contributed by atoms with E-state index in [1.807, 2.05) is 6.33 Å². The fourth-order valence-corrected chi connectivity index (χ4v) is 3.96. The molecule has 0 spiro atoms. The number of rotatable bonds is 2. The lowest BCUT2D eigenvalue weighted by atomic mass is 9.97. The van der Waals surface area contributed by atoms with Gasteiger partial charge >= 0.3 is 0 Å². The predicted octanol–water partition coefficient (Wildman–Crippen LogP) is 5.85. The average molecular weight is 361 g/mol. The van der Waals surface area contributed by atoms with Gasteiger partial charge in [-0.05, 0) is 57.2 Å². The predicted molar refractivity (Wildman–Crippen MR) is 116 cm³/mol. The standard InChI is InChI=1S/C26H21N2/c1-18-23-10-6-5-8-20(23)13-14-24(18)26-16-25(27-17-28(26)2)22-12-11-19-7-3-4-9-21(19)15-22/h3-17H,1-2H3/q+1. The van der Waals surface area contributed by atoms with Crippen LogP contribution in [0.2, 0.25) is 0 Å². The molecule has 2 heteroatoms. The average Bonchev–Trinajstić information content (AvgIpc) is 2.74. The first-order valence-electron chi connectivity index (χ1n) is 9.54. The third kappa shape index (κ3) is 2.74. The van der Waals surface area contributed by atoms with Crippen molar-refractivity contribution in [3.05, 3.63) is 96.8 Å². The molecule has 0 saturated carbocycles. The lowest BCUT2D eigenvalue weighted by Gasteiger charge is -2.10. The summed E-state index contributed by atoms with van der Waals surface area (Å²) >= 11 is 0. The van der Waals surface area contributed by atoms with Crippen molar-refractivity contribution in [2.45, 2.75) is 6.92 Å². The Bertz CT molecular complexity index is 1340. The van der Waals surface area contributed by atoms with Gasteiger partial charge in [0.2, 0.25) is 0 Å². The quantitative estimate of drug-likeness (QED) is 0.360. The normalized spacial score (nSPS) is 11.2. The van der Waals surface area contributed by atoms with Crippen LogP contribution in [-0.2, 0) is 7.05 Å². The van der Waals surface area contributed by atoms with E-state index in [-0.39, 0.29) is 0 Å². The van der Waals surface area contributed by atoms with Crippen molar-refractivity contribution in [1.29, 1.82) is 0 Å². The molecule has 5 rings (SSSR count). The minimum atomic E-state index is 0.992. The fraction of sp³-hybridized carbons (Fsp3) is 0.0769. The molecule has 0 atom stereocenters. The molecule has 1 aromatic heterocycles. The summed E-state index contributed by atoms with van der Waals surface area (Å²) in [5, 5.41) is 5.05. The van der Waals surface area contributed by atoms with Crippen LogP contribution in [0.4, 0.5) is 0 Å². The molecule has 28 heavy (non-hydrogen) atoms. The van der Waals surface area contributed by atoms with E-state index in [2.05, 4.69) is 103 Å². The Morgan fingerprint density at radius 1 is 0.714 bits per heavy atom. The monoisotopic (exact) mass is 361 g/mol. The molecule has 0 fully saturated rings. The smallest absolute Gasteiger partial charge is 0.232 e. The molecular weight excluding hydrogens is 340 g/mol. The molecule has 2 nitrogen and oxygen atoms in total. The molecule has 0 radical (unpaired) electrons. The van der Waals surface area contributed by atoms with Crippen molar-refractivity contribution in [3.8, 4) is 22.5 Å². The third-order valence-corrected chi connectivity index (χ3v) is 5.54. The molecule has 0 amide bonds. The Morgan fingerprint density at radius 3 is 2.29 bits per heavy atom. The summed E-state index contributed by atoms with van der Waals surface area (Å²) in [6.07, 6.45) is 1.91. The maximum Gasteiger partial charge on any atom is 0.287 e. The van der Waals surface area contributed by atoms with Crippen molar-refractivity contribution in [3.63, 3.8) is 0 Å². The second kappa shape index (κ2) is 6.58. The summed E-state index contributed by atoms with van der Waals surface area (Å²) in [7, 11) is 2.06. The lowest BCUT2D eigenvalue weighted by molar-refractivity contribution is -0.663. The van der Waals surface area contributed by atoms with Crippen molar-refractivity contribution in [1.82, 2.24) is 4.98 Å². The number of fused-ring (bicyclic) bond motifs is 2. The first-order valence-corrected chi connectivity index (χ1v) is 9.54. The van der Waals surface area contributed by atoms with Gasteiger partial charge in [0.15, 0.2) is 5.69 Å². The topological polar surface area (TPSA) is 16.8 Å². The number of hydrogen-bond acceptors (Lipinski definition) is 1. The molecule has 1 heterocycles. The highest BCUT2D eigenvalue weighted by Crippen LogP contribution is 2.30. The van der Waals surface area contributed by atoms with Crippen LogP contribution < -0.4 is 4.57 Å². The van der Waals surface area contributed by atoms with Crippen LogP contribution in [0.5, 0.6) is 0 Å². The molecule has 0 aliphatic heterocycles. The first kappa shape index (κ1) is 16.6. The molecule has 0 saturated heterocycles. The Morgan fingerprint density at radius 2 is 1.43 bits per heavy atom. The number of benzene rings is 4. The van der Waals surface area contributed by atoms with Crippen LogP contribution in [0, 0.1) is 6.92 Å². The highest BCUT2D eigenvalue weighted by molar-refractivity contribution is 5.91. The van der Waals surface area contributed by atoms with Crippen LogP contribution >= 0.6 is 0 Å². The largest absolute Gasteiger partial charge is 0.287 e. The molecule has 134 valence electrons. The molecule has 0 aliphatic carbocycles. The van der Waals surface area contributed by atoms with Crippen LogP contribution in [0.1, 0.15) is 5.56 Å². The molecule has 0 unspecified atom stereocenters. The van der Waals surface area contributed by atoms with Gasteiger partial charge in [-0.3, -0.25) is 0 Å². The zero-order valence-corrected chi connectivity index (χ0v) is 16.1. The minimum absolute atomic E-state index is 0.992. The number of aryl methyl sites for hydroxylation is 2. The highest BCUT2D eigenvalue weighted by Gasteiger charge is 2.16. The Labute approximate surface area is 164 Å². The van der Waals surface area contributed by atoms with Gasteiger partial charge in [-0.1, -0.05) is 60.7 Å². The molecule has 4 aromatic carbocycles. The molecule has 0 bridgehead atoms. The molecule has 5 aromatic rings. The van der Waals surface area contributed by atoms with Crippen molar-refractivity contribution >= 4 is 21.5 Å². The van der Waals surface area contributed by atoms with Gasteiger partial charge in [-0.25, -0.2) is 4.57 Å². The maximum absolute atomic E-state index is 4.70. The van der Waals surface area contributed by atoms with E-state index in [4.69, 9.17) is 4.98 Å². The van der Waals surface area contributed by atoms with Crippen molar-refractivity contribution < 1.29 is 4.57 Å². The van der Waals surface area contributed by atoms with Crippen molar-refractivity contribution in [2.75, 3.05) is 0 Å². The zero-order chi connectivity index (χ0) is 19.1. The van der Waals surface area contributed by atoms with E-state index in [0.29, 0.717) is 0 Å². The van der Waals surface area contributed by atoms with Gasteiger partial charge in [0, 0.05) is 17.2 Å². The summed E-state index contributed by atoms with van der Waals surface area (Å²) in [6, 6.07) is 30.1. The number of hydrogen-bond donors (Lipinski definition) is 0. The van der Waals surface area contributed by atoms with Gasteiger partial charge < -0.3 is 0 Å². The van der Waals surface area contributed by atoms with E-state index < -0.39 is 0 Å². The third-order valence-electron chi connectivity index (χ3n) is 5.54. The van der Waals surface area contributed by atoms with Crippen LogP contribution in [-0.4, -0.2) is 4.98 Å². The van der Waals surface area contributed by atoms with E-state index in [9.17, 15) is 0 Å². The Kier molecular flexibility index (Phi) is 3.91. The van der Waals surface area contributed by atoms with E-state index in [0.717, 1.165) is 11.3 Å². The number of aromatic nitrogens is 2. The molecular formula is C26H21N2+. The van der Waals surface area contributed by atoms with Gasteiger partial charge in [-0.15, -0.1) is 0 Å². The summed E-state index contributed by atoms with van der Waals surface area (Å²) in [6.45, 7) is 2.20. The zero-order valence-electron chi connectivity index (χ0n) is 16.1. The van der Waals surface area contributed by atoms with Gasteiger partial charge in [-0.2, -0.15) is 0 Å². The van der Waals surface area contributed by atoms with E-state index in [1.54, 1.807) is 0 Å². The van der Waals surface area contributed by atoms with Crippen molar-refractivity contribution in [2.24, 2.45) is 7.05 Å². The first-order chi connectivity index (χ1) is 13.7. The fourth-order valence-electron chi connectivity index (χ4n) is 3.96. The lowest BCUT2D eigenvalue weighted by Crippen LogP contribution is -2.31. The van der Waals surface area contributed by atoms with Gasteiger partial charge in [0.1, 0.15) is 5.69 Å². The molecule has 0 N–H and O–H groups in total. The Balaban J connectivity index is 1.68.